The fourth-order valence-electron chi connectivity index (χ4n) is 1.91. The van der Waals surface area contributed by atoms with Crippen molar-refractivity contribution in [2.24, 2.45) is 0 Å². The van der Waals surface area contributed by atoms with Crippen molar-refractivity contribution in [1.29, 1.82) is 0 Å². The third-order valence-electron chi connectivity index (χ3n) is 2.89. The van der Waals surface area contributed by atoms with Gasteiger partial charge < -0.3 is 15.5 Å². The van der Waals surface area contributed by atoms with Crippen LogP contribution in [0.5, 0.6) is 0 Å². The average Bonchev–Trinajstić information content (AvgIpc) is 2.44. The van der Waals surface area contributed by atoms with E-state index in [-0.39, 0.29) is 18.4 Å². The molecular weight excluding hydrogens is 244 g/mol. The van der Waals surface area contributed by atoms with Crippen LogP contribution in [0.2, 0.25) is 0 Å². The van der Waals surface area contributed by atoms with Crippen LogP contribution in [-0.2, 0) is 4.79 Å². The fourth-order valence-corrected chi connectivity index (χ4v) is 1.91. The maximum absolute atomic E-state index is 12.3. The van der Waals surface area contributed by atoms with Gasteiger partial charge in [0.15, 0.2) is 0 Å². The van der Waals surface area contributed by atoms with Gasteiger partial charge in [-0.1, -0.05) is 6.92 Å². The van der Waals surface area contributed by atoms with E-state index in [1.165, 1.54) is 0 Å². The number of hydrogen-bond donors (Lipinski definition) is 2. The Kier molecular flexibility index (Phi) is 4.33. The molecule has 6 heteroatoms. The summed E-state index contributed by atoms with van der Waals surface area (Å²) in [6.07, 6.45) is 2.60. The zero-order valence-corrected chi connectivity index (χ0v) is 11.0. The summed E-state index contributed by atoms with van der Waals surface area (Å²) in [6.45, 7) is 4.06. The summed E-state index contributed by atoms with van der Waals surface area (Å²) in [4.78, 5) is 29.3. The zero-order valence-electron chi connectivity index (χ0n) is 11.0. The lowest BCUT2D eigenvalue weighted by Gasteiger charge is -2.26. The lowest BCUT2D eigenvalue weighted by atomic mass is 10.2. The number of anilines is 1. The molecule has 0 atom stereocenters. The van der Waals surface area contributed by atoms with Crippen LogP contribution in [0, 0.1) is 0 Å². The predicted molar refractivity (Wildman–Crippen MR) is 71.9 cm³/mol. The molecule has 0 radical (unpaired) electrons. The largest absolute Gasteiger partial charge is 0.370 e. The Morgan fingerprint density at radius 2 is 2.42 bits per heavy atom. The van der Waals surface area contributed by atoms with E-state index < -0.39 is 0 Å². The molecule has 1 aliphatic rings. The smallest absolute Gasteiger partial charge is 0.254 e. The van der Waals surface area contributed by atoms with Gasteiger partial charge in [0.1, 0.15) is 5.82 Å². The molecule has 1 aromatic heterocycles. The van der Waals surface area contributed by atoms with Gasteiger partial charge in [-0.15, -0.1) is 0 Å². The Morgan fingerprint density at radius 3 is 3.16 bits per heavy atom. The maximum Gasteiger partial charge on any atom is 0.254 e. The first-order valence-corrected chi connectivity index (χ1v) is 6.46. The molecule has 0 spiro atoms. The molecule has 0 aliphatic carbocycles. The minimum atomic E-state index is -0.128. The van der Waals surface area contributed by atoms with Crippen LogP contribution in [0.3, 0.4) is 0 Å². The molecular formula is C13H18N4O2. The highest BCUT2D eigenvalue weighted by molar-refractivity contribution is 5.97. The maximum atomic E-state index is 12.3. The van der Waals surface area contributed by atoms with Crippen molar-refractivity contribution in [1.82, 2.24) is 15.2 Å². The van der Waals surface area contributed by atoms with Gasteiger partial charge in [-0.05, 0) is 18.6 Å². The highest BCUT2D eigenvalue weighted by Gasteiger charge is 2.22. The van der Waals surface area contributed by atoms with Gasteiger partial charge in [0, 0.05) is 31.4 Å². The van der Waals surface area contributed by atoms with Crippen LogP contribution < -0.4 is 10.6 Å². The second-order valence-corrected chi connectivity index (χ2v) is 4.43. The molecule has 19 heavy (non-hydrogen) atoms. The standard InChI is InChI=1S/C13H18N4O2/c1-2-4-14-11-8-10(3-5-15-11)13(19)17-7-6-16-12(18)9-17/h3,5,8H,2,4,6-7,9H2,1H3,(H,14,15)(H,16,18). The summed E-state index contributed by atoms with van der Waals surface area (Å²) in [5, 5.41) is 5.84. The highest BCUT2D eigenvalue weighted by Crippen LogP contribution is 2.10. The van der Waals surface area contributed by atoms with E-state index in [2.05, 4.69) is 22.5 Å². The number of carbonyl (C=O) groups is 2. The number of amides is 2. The summed E-state index contributed by atoms with van der Waals surface area (Å²) in [6, 6.07) is 3.40. The van der Waals surface area contributed by atoms with E-state index in [0.29, 0.717) is 24.5 Å². The first-order chi connectivity index (χ1) is 9.20. The minimum absolute atomic E-state index is 0.113. The topological polar surface area (TPSA) is 74.3 Å². The summed E-state index contributed by atoms with van der Waals surface area (Å²) in [7, 11) is 0. The number of piperazine rings is 1. The molecule has 1 fully saturated rings. The SMILES string of the molecule is CCCNc1cc(C(=O)N2CCNC(=O)C2)ccn1. The van der Waals surface area contributed by atoms with E-state index in [0.717, 1.165) is 13.0 Å². The van der Waals surface area contributed by atoms with E-state index in [1.807, 2.05) is 0 Å². The predicted octanol–water partition coefficient (Wildman–Crippen LogP) is 0.475. The molecule has 1 saturated heterocycles. The Bertz CT molecular complexity index is 475. The Hall–Kier alpha value is -2.11. The van der Waals surface area contributed by atoms with E-state index >= 15 is 0 Å². The van der Waals surface area contributed by atoms with E-state index in [4.69, 9.17) is 0 Å². The van der Waals surface area contributed by atoms with Crippen molar-refractivity contribution in [2.75, 3.05) is 31.5 Å². The average molecular weight is 262 g/mol. The van der Waals surface area contributed by atoms with Crippen molar-refractivity contribution >= 4 is 17.6 Å². The molecule has 0 saturated carbocycles. The van der Waals surface area contributed by atoms with Gasteiger partial charge in [0.05, 0.1) is 6.54 Å². The summed E-state index contributed by atoms with van der Waals surface area (Å²) in [5.41, 5.74) is 0.559. The normalized spacial score (nSPS) is 15.0. The minimum Gasteiger partial charge on any atom is -0.370 e. The molecule has 0 aromatic carbocycles. The van der Waals surface area contributed by atoms with Gasteiger partial charge >= 0.3 is 0 Å². The number of hydrogen-bond acceptors (Lipinski definition) is 4. The fraction of sp³-hybridized carbons (Fsp3) is 0.462. The molecule has 2 heterocycles. The quantitative estimate of drug-likeness (QED) is 0.827. The van der Waals surface area contributed by atoms with Crippen LogP contribution in [0.4, 0.5) is 5.82 Å². The number of pyridine rings is 1. The molecule has 2 N–H and O–H groups in total. The van der Waals surface area contributed by atoms with Crippen molar-refractivity contribution in [3.8, 4) is 0 Å². The number of nitrogens with zero attached hydrogens (tertiary/aromatic N) is 2. The Morgan fingerprint density at radius 1 is 1.58 bits per heavy atom. The van der Waals surface area contributed by atoms with Crippen molar-refractivity contribution < 1.29 is 9.59 Å². The lowest BCUT2D eigenvalue weighted by molar-refractivity contribution is -0.123. The van der Waals surface area contributed by atoms with Crippen LogP contribution in [0.15, 0.2) is 18.3 Å². The van der Waals surface area contributed by atoms with Gasteiger partial charge in [-0.25, -0.2) is 4.98 Å². The Labute approximate surface area is 112 Å². The first kappa shape index (κ1) is 13.3. The second kappa shape index (κ2) is 6.17. The molecule has 102 valence electrons. The molecule has 0 bridgehead atoms. The summed E-state index contributed by atoms with van der Waals surface area (Å²) >= 11 is 0. The monoisotopic (exact) mass is 262 g/mol. The molecule has 0 unspecified atom stereocenters. The molecule has 6 nitrogen and oxygen atoms in total. The molecule has 1 aliphatic heterocycles. The van der Waals surface area contributed by atoms with Crippen molar-refractivity contribution in [3.63, 3.8) is 0 Å². The number of nitrogens with one attached hydrogen (secondary N) is 2. The van der Waals surface area contributed by atoms with Crippen LogP contribution in [0.1, 0.15) is 23.7 Å². The molecule has 2 amide bonds. The van der Waals surface area contributed by atoms with E-state index in [9.17, 15) is 9.59 Å². The first-order valence-electron chi connectivity index (χ1n) is 6.46. The summed E-state index contributed by atoms with van der Waals surface area (Å²) in [5.74, 6) is 0.448. The zero-order chi connectivity index (χ0) is 13.7. The van der Waals surface area contributed by atoms with Crippen LogP contribution >= 0.6 is 0 Å². The highest BCUT2D eigenvalue weighted by atomic mass is 16.2. The van der Waals surface area contributed by atoms with Gasteiger partial charge in [0.2, 0.25) is 5.91 Å². The van der Waals surface area contributed by atoms with Gasteiger partial charge in [0.25, 0.3) is 5.91 Å². The van der Waals surface area contributed by atoms with Gasteiger partial charge in [-0.2, -0.15) is 0 Å². The van der Waals surface area contributed by atoms with Crippen LogP contribution in [0.25, 0.3) is 0 Å². The van der Waals surface area contributed by atoms with Crippen molar-refractivity contribution in [2.45, 2.75) is 13.3 Å². The second-order valence-electron chi connectivity index (χ2n) is 4.43. The van der Waals surface area contributed by atoms with Gasteiger partial charge in [-0.3, -0.25) is 9.59 Å². The third kappa shape index (κ3) is 3.43. The summed E-state index contributed by atoms with van der Waals surface area (Å²) < 4.78 is 0. The number of carbonyl (C=O) groups excluding carboxylic acids is 2. The molecule has 1 aromatic rings. The number of aromatic nitrogens is 1. The molecule has 2 rings (SSSR count). The van der Waals surface area contributed by atoms with Crippen molar-refractivity contribution in [3.05, 3.63) is 23.9 Å². The number of rotatable bonds is 4. The van der Waals surface area contributed by atoms with E-state index in [1.54, 1.807) is 23.2 Å². The Balaban J connectivity index is 2.07. The van der Waals surface area contributed by atoms with Crippen LogP contribution in [-0.4, -0.2) is 47.9 Å². The third-order valence-corrected chi connectivity index (χ3v) is 2.89. The lowest BCUT2D eigenvalue weighted by Crippen LogP contribution is -2.49.